The first-order valence-electron chi connectivity index (χ1n) is 9.22. The average Bonchev–Trinajstić information content (AvgIpc) is 2.55. The zero-order chi connectivity index (χ0) is 18.4. The maximum absolute atomic E-state index is 12.6. The Kier molecular flexibility index (Phi) is 7.00. The van der Waals surface area contributed by atoms with Gasteiger partial charge < -0.3 is 15.5 Å². The van der Waals surface area contributed by atoms with Crippen molar-refractivity contribution in [2.45, 2.75) is 52.6 Å². The quantitative estimate of drug-likeness (QED) is 0.832. The van der Waals surface area contributed by atoms with Gasteiger partial charge in [-0.2, -0.15) is 0 Å². The molecular weight excluding hydrogens is 314 g/mol. The van der Waals surface area contributed by atoms with Gasteiger partial charge in [0.05, 0.1) is 6.54 Å². The molecule has 1 aliphatic rings. The fraction of sp³-hybridized carbons (Fsp3) is 0.600. The van der Waals surface area contributed by atoms with Crippen molar-refractivity contribution in [2.75, 3.05) is 19.6 Å². The van der Waals surface area contributed by atoms with E-state index in [0.717, 1.165) is 19.4 Å². The van der Waals surface area contributed by atoms with Crippen molar-refractivity contribution in [1.82, 2.24) is 15.5 Å². The number of aryl methyl sites for hydroxylation is 1. The third kappa shape index (κ3) is 5.56. The molecule has 1 fully saturated rings. The van der Waals surface area contributed by atoms with Crippen LogP contribution in [0.5, 0.6) is 0 Å². The molecule has 0 radical (unpaired) electrons. The van der Waals surface area contributed by atoms with Gasteiger partial charge in [-0.3, -0.25) is 9.59 Å². The minimum Gasteiger partial charge on any atom is -0.352 e. The highest BCUT2D eigenvalue weighted by Gasteiger charge is 2.25. The maximum Gasteiger partial charge on any atom is 0.236 e. The Morgan fingerprint density at radius 3 is 2.64 bits per heavy atom. The van der Waals surface area contributed by atoms with E-state index in [1.165, 1.54) is 18.1 Å². The molecule has 0 bridgehead atoms. The largest absolute Gasteiger partial charge is 0.352 e. The predicted molar refractivity (Wildman–Crippen MR) is 100 cm³/mol. The topological polar surface area (TPSA) is 61.4 Å². The SMILES string of the molecule is CC(=O)N[C@H]1CCCN(C(=O)CN[C@H](c2ccccc2C)C(C)C)C1. The van der Waals surface area contributed by atoms with E-state index in [9.17, 15) is 9.59 Å². The van der Waals surface area contributed by atoms with Gasteiger partial charge in [-0.1, -0.05) is 38.1 Å². The number of piperidine rings is 1. The zero-order valence-electron chi connectivity index (χ0n) is 15.8. The van der Waals surface area contributed by atoms with Crippen molar-refractivity contribution in [3.05, 3.63) is 35.4 Å². The van der Waals surface area contributed by atoms with Gasteiger partial charge in [-0.05, 0) is 36.8 Å². The molecule has 0 aromatic heterocycles. The molecule has 5 nitrogen and oxygen atoms in total. The van der Waals surface area contributed by atoms with Gasteiger partial charge in [0.25, 0.3) is 0 Å². The Bertz CT molecular complexity index is 600. The first kappa shape index (κ1) is 19.4. The van der Waals surface area contributed by atoms with E-state index >= 15 is 0 Å². The number of hydrogen-bond donors (Lipinski definition) is 2. The lowest BCUT2D eigenvalue weighted by Crippen LogP contribution is -2.51. The number of likely N-dealkylation sites (tertiary alicyclic amines) is 1. The Hall–Kier alpha value is -1.88. The first-order chi connectivity index (χ1) is 11.9. The summed E-state index contributed by atoms with van der Waals surface area (Å²) in [4.78, 5) is 25.7. The molecule has 2 atom stereocenters. The van der Waals surface area contributed by atoms with Gasteiger partial charge in [-0.15, -0.1) is 0 Å². The molecule has 0 unspecified atom stereocenters. The Labute approximate surface area is 151 Å². The molecule has 1 aromatic rings. The van der Waals surface area contributed by atoms with Crippen LogP contribution in [0.25, 0.3) is 0 Å². The van der Waals surface area contributed by atoms with Gasteiger partial charge in [0, 0.05) is 32.1 Å². The van der Waals surface area contributed by atoms with E-state index in [-0.39, 0.29) is 23.9 Å². The number of rotatable bonds is 6. The van der Waals surface area contributed by atoms with Crippen LogP contribution in [0.2, 0.25) is 0 Å². The minimum absolute atomic E-state index is 0.0307. The molecule has 2 N–H and O–H groups in total. The Morgan fingerprint density at radius 2 is 2.00 bits per heavy atom. The van der Waals surface area contributed by atoms with Gasteiger partial charge in [-0.25, -0.2) is 0 Å². The lowest BCUT2D eigenvalue weighted by molar-refractivity contribution is -0.132. The van der Waals surface area contributed by atoms with Crippen molar-refractivity contribution in [3.8, 4) is 0 Å². The number of amides is 2. The maximum atomic E-state index is 12.6. The summed E-state index contributed by atoms with van der Waals surface area (Å²) in [6.45, 7) is 9.67. The Morgan fingerprint density at radius 1 is 1.28 bits per heavy atom. The monoisotopic (exact) mass is 345 g/mol. The average molecular weight is 345 g/mol. The van der Waals surface area contributed by atoms with Crippen molar-refractivity contribution in [3.63, 3.8) is 0 Å². The molecule has 5 heteroatoms. The molecular formula is C20H31N3O2. The number of carbonyl (C=O) groups excluding carboxylic acids is 2. The lowest BCUT2D eigenvalue weighted by Gasteiger charge is -2.34. The van der Waals surface area contributed by atoms with Crippen molar-refractivity contribution >= 4 is 11.8 Å². The predicted octanol–water partition coefficient (Wildman–Crippen LogP) is 2.41. The van der Waals surface area contributed by atoms with Gasteiger partial charge in [0.1, 0.15) is 0 Å². The van der Waals surface area contributed by atoms with Crippen LogP contribution < -0.4 is 10.6 Å². The van der Waals surface area contributed by atoms with E-state index in [1.54, 1.807) is 0 Å². The third-order valence-electron chi connectivity index (χ3n) is 4.84. The van der Waals surface area contributed by atoms with Crippen molar-refractivity contribution in [2.24, 2.45) is 5.92 Å². The van der Waals surface area contributed by atoms with Crippen LogP contribution in [0.4, 0.5) is 0 Å². The number of hydrogen-bond acceptors (Lipinski definition) is 3. The molecule has 0 aliphatic carbocycles. The summed E-state index contributed by atoms with van der Waals surface area (Å²) in [6, 6.07) is 8.55. The van der Waals surface area contributed by atoms with Crippen LogP contribution in [-0.4, -0.2) is 42.4 Å². The van der Waals surface area contributed by atoms with Crippen LogP contribution >= 0.6 is 0 Å². The highest BCUT2D eigenvalue weighted by molar-refractivity contribution is 5.78. The second-order valence-electron chi connectivity index (χ2n) is 7.34. The molecule has 138 valence electrons. The second-order valence-corrected chi connectivity index (χ2v) is 7.34. The van der Waals surface area contributed by atoms with Gasteiger partial charge in [0.2, 0.25) is 11.8 Å². The highest BCUT2D eigenvalue weighted by atomic mass is 16.2. The zero-order valence-corrected chi connectivity index (χ0v) is 15.8. The summed E-state index contributed by atoms with van der Waals surface area (Å²) in [6.07, 6.45) is 1.87. The van der Waals surface area contributed by atoms with Crippen molar-refractivity contribution in [1.29, 1.82) is 0 Å². The highest BCUT2D eigenvalue weighted by Crippen LogP contribution is 2.24. The summed E-state index contributed by atoms with van der Waals surface area (Å²) in [7, 11) is 0. The molecule has 2 amide bonds. The van der Waals surface area contributed by atoms with Gasteiger partial charge >= 0.3 is 0 Å². The smallest absolute Gasteiger partial charge is 0.236 e. The molecule has 1 saturated heterocycles. The summed E-state index contributed by atoms with van der Waals surface area (Å²) in [5.74, 6) is 0.466. The van der Waals surface area contributed by atoms with Crippen LogP contribution in [-0.2, 0) is 9.59 Å². The number of nitrogens with zero attached hydrogens (tertiary/aromatic N) is 1. The molecule has 0 spiro atoms. The molecule has 25 heavy (non-hydrogen) atoms. The summed E-state index contributed by atoms with van der Waals surface area (Å²) < 4.78 is 0. The number of nitrogens with one attached hydrogen (secondary N) is 2. The van der Waals surface area contributed by atoms with E-state index in [2.05, 4.69) is 43.5 Å². The number of benzene rings is 1. The minimum atomic E-state index is -0.0307. The lowest BCUT2D eigenvalue weighted by atomic mass is 9.92. The van der Waals surface area contributed by atoms with Crippen LogP contribution in [0, 0.1) is 12.8 Å². The summed E-state index contributed by atoms with van der Waals surface area (Å²) in [5.41, 5.74) is 2.49. The van der Waals surface area contributed by atoms with Crippen LogP contribution in [0.1, 0.15) is 50.8 Å². The Balaban J connectivity index is 1.95. The van der Waals surface area contributed by atoms with Gasteiger partial charge in [0.15, 0.2) is 0 Å². The summed E-state index contributed by atoms with van der Waals surface area (Å²) >= 11 is 0. The van der Waals surface area contributed by atoms with Crippen molar-refractivity contribution < 1.29 is 9.59 Å². The van der Waals surface area contributed by atoms with E-state index < -0.39 is 0 Å². The fourth-order valence-electron chi connectivity index (χ4n) is 3.56. The standard InChI is InChI=1S/C20H31N3O2/c1-14(2)20(18-10-6-5-8-15(18)3)21-12-19(25)23-11-7-9-17(13-23)22-16(4)24/h5-6,8,10,14,17,20-21H,7,9,11-13H2,1-4H3,(H,22,24)/t17-,20-/m0/s1. The van der Waals surface area contributed by atoms with Crippen LogP contribution in [0.3, 0.4) is 0 Å². The molecule has 1 aromatic carbocycles. The number of carbonyl (C=O) groups is 2. The molecule has 1 heterocycles. The first-order valence-corrected chi connectivity index (χ1v) is 9.22. The third-order valence-corrected chi connectivity index (χ3v) is 4.84. The van der Waals surface area contributed by atoms with E-state index in [0.29, 0.717) is 19.0 Å². The van der Waals surface area contributed by atoms with Crippen LogP contribution in [0.15, 0.2) is 24.3 Å². The van der Waals surface area contributed by atoms with E-state index in [1.807, 2.05) is 17.0 Å². The molecule has 1 aliphatic heterocycles. The van der Waals surface area contributed by atoms with E-state index in [4.69, 9.17) is 0 Å². The summed E-state index contributed by atoms with van der Waals surface area (Å²) in [5, 5.41) is 6.38. The molecule has 0 saturated carbocycles. The normalized spacial score (nSPS) is 18.9. The molecule has 2 rings (SSSR count). The second kappa shape index (κ2) is 8.99. The fourth-order valence-corrected chi connectivity index (χ4v) is 3.56.